The van der Waals surface area contributed by atoms with E-state index in [1.54, 1.807) is 13.3 Å². The third-order valence-corrected chi connectivity index (χ3v) is 2.96. The summed E-state index contributed by atoms with van der Waals surface area (Å²) < 4.78 is 5.20. The maximum atomic E-state index is 5.20. The number of pyridine rings is 1. The van der Waals surface area contributed by atoms with Crippen LogP contribution in [0.15, 0.2) is 18.3 Å². The predicted molar refractivity (Wildman–Crippen MR) is 66.5 cm³/mol. The molecule has 3 nitrogen and oxygen atoms in total. The second-order valence-electron chi connectivity index (χ2n) is 4.52. The zero-order valence-electron chi connectivity index (χ0n) is 10.7. The number of hydrogen-bond donors (Lipinski definition) is 1. The van der Waals surface area contributed by atoms with Crippen LogP contribution in [-0.2, 0) is 6.54 Å². The molecule has 0 aliphatic carbocycles. The summed E-state index contributed by atoms with van der Waals surface area (Å²) in [6.07, 6.45) is 1.75. The van der Waals surface area contributed by atoms with Crippen molar-refractivity contribution in [3.63, 3.8) is 0 Å². The van der Waals surface area contributed by atoms with Gasteiger partial charge in [0.2, 0.25) is 5.88 Å². The Bertz CT molecular complexity index is 313. The summed E-state index contributed by atoms with van der Waals surface area (Å²) in [5.41, 5.74) is 1.11. The molecule has 0 aliphatic rings. The van der Waals surface area contributed by atoms with E-state index in [2.05, 4.69) is 31.1 Å². The van der Waals surface area contributed by atoms with Crippen molar-refractivity contribution in [2.45, 2.75) is 27.3 Å². The standard InChI is InChI=1S/C13H22N2O/c1-10(2)11(3)8-14-9-12-6-5-7-15-13(12)16-4/h5-7,10-11,14H,8-9H2,1-4H3. The molecular formula is C13H22N2O. The van der Waals surface area contributed by atoms with Crippen molar-refractivity contribution >= 4 is 0 Å². The van der Waals surface area contributed by atoms with Crippen molar-refractivity contribution in [3.05, 3.63) is 23.9 Å². The summed E-state index contributed by atoms with van der Waals surface area (Å²) in [4.78, 5) is 4.17. The molecule has 0 radical (unpaired) electrons. The number of aromatic nitrogens is 1. The molecule has 0 aliphatic heterocycles. The van der Waals surface area contributed by atoms with Crippen LogP contribution in [0.3, 0.4) is 0 Å². The largest absolute Gasteiger partial charge is 0.481 e. The van der Waals surface area contributed by atoms with Gasteiger partial charge in [-0.3, -0.25) is 0 Å². The molecule has 1 aromatic heterocycles. The fraction of sp³-hybridized carbons (Fsp3) is 0.615. The molecule has 16 heavy (non-hydrogen) atoms. The first-order valence-electron chi connectivity index (χ1n) is 5.83. The normalized spacial score (nSPS) is 12.8. The molecule has 0 aromatic carbocycles. The van der Waals surface area contributed by atoms with Crippen LogP contribution in [-0.4, -0.2) is 18.6 Å². The number of rotatable bonds is 6. The van der Waals surface area contributed by atoms with E-state index in [4.69, 9.17) is 4.74 Å². The van der Waals surface area contributed by atoms with Gasteiger partial charge >= 0.3 is 0 Å². The molecular weight excluding hydrogens is 200 g/mol. The highest BCUT2D eigenvalue weighted by molar-refractivity contribution is 5.24. The number of ether oxygens (including phenoxy) is 1. The summed E-state index contributed by atoms with van der Waals surface area (Å²) in [6.45, 7) is 8.59. The van der Waals surface area contributed by atoms with E-state index >= 15 is 0 Å². The van der Waals surface area contributed by atoms with Gasteiger partial charge in [0.25, 0.3) is 0 Å². The summed E-state index contributed by atoms with van der Waals surface area (Å²) >= 11 is 0. The molecule has 0 amide bonds. The number of methoxy groups -OCH3 is 1. The van der Waals surface area contributed by atoms with E-state index in [0.717, 1.165) is 18.7 Å². The van der Waals surface area contributed by atoms with Crippen molar-refractivity contribution in [3.8, 4) is 5.88 Å². The minimum absolute atomic E-state index is 0.683. The van der Waals surface area contributed by atoms with Crippen LogP contribution < -0.4 is 10.1 Å². The average molecular weight is 222 g/mol. The highest BCUT2D eigenvalue weighted by Gasteiger charge is 2.07. The summed E-state index contributed by atoms with van der Waals surface area (Å²) in [5.74, 6) is 2.11. The van der Waals surface area contributed by atoms with Gasteiger partial charge in [0.15, 0.2) is 0 Å². The lowest BCUT2D eigenvalue weighted by Crippen LogP contribution is -2.24. The molecule has 0 spiro atoms. The molecule has 1 rings (SSSR count). The molecule has 0 bridgehead atoms. The fourth-order valence-corrected chi connectivity index (χ4v) is 1.41. The van der Waals surface area contributed by atoms with Crippen LogP contribution in [0.4, 0.5) is 0 Å². The molecule has 0 fully saturated rings. The van der Waals surface area contributed by atoms with Gasteiger partial charge in [-0.15, -0.1) is 0 Å². The fourth-order valence-electron chi connectivity index (χ4n) is 1.41. The van der Waals surface area contributed by atoms with Crippen molar-refractivity contribution < 1.29 is 4.74 Å². The molecule has 1 aromatic rings. The Morgan fingerprint density at radius 3 is 2.75 bits per heavy atom. The molecule has 1 heterocycles. The quantitative estimate of drug-likeness (QED) is 0.803. The lowest BCUT2D eigenvalue weighted by Gasteiger charge is -2.16. The zero-order chi connectivity index (χ0) is 12.0. The Morgan fingerprint density at radius 2 is 2.12 bits per heavy atom. The van der Waals surface area contributed by atoms with Gasteiger partial charge in [-0.25, -0.2) is 4.98 Å². The second-order valence-corrected chi connectivity index (χ2v) is 4.52. The first-order chi connectivity index (χ1) is 7.65. The van der Waals surface area contributed by atoms with Gasteiger partial charge in [-0.05, 0) is 24.4 Å². The Hall–Kier alpha value is -1.09. The van der Waals surface area contributed by atoms with Gasteiger partial charge in [-0.2, -0.15) is 0 Å². The third-order valence-electron chi connectivity index (χ3n) is 2.96. The molecule has 0 saturated heterocycles. The van der Waals surface area contributed by atoms with E-state index in [1.807, 2.05) is 12.1 Å². The van der Waals surface area contributed by atoms with E-state index < -0.39 is 0 Å². The van der Waals surface area contributed by atoms with Gasteiger partial charge in [-0.1, -0.05) is 26.8 Å². The first-order valence-corrected chi connectivity index (χ1v) is 5.83. The molecule has 0 saturated carbocycles. The lowest BCUT2D eigenvalue weighted by molar-refractivity contribution is 0.377. The van der Waals surface area contributed by atoms with Crippen LogP contribution >= 0.6 is 0 Å². The Labute approximate surface area is 98.2 Å². The highest BCUT2D eigenvalue weighted by atomic mass is 16.5. The molecule has 90 valence electrons. The second kappa shape index (κ2) is 6.48. The molecule has 1 N–H and O–H groups in total. The summed E-state index contributed by atoms with van der Waals surface area (Å²) in [7, 11) is 1.66. The first kappa shape index (κ1) is 13.0. The predicted octanol–water partition coefficient (Wildman–Crippen LogP) is 2.47. The minimum Gasteiger partial charge on any atom is -0.481 e. The van der Waals surface area contributed by atoms with E-state index in [9.17, 15) is 0 Å². The maximum Gasteiger partial charge on any atom is 0.217 e. The van der Waals surface area contributed by atoms with Crippen LogP contribution in [0.1, 0.15) is 26.3 Å². The summed E-state index contributed by atoms with van der Waals surface area (Å²) in [6, 6.07) is 3.98. The van der Waals surface area contributed by atoms with Crippen molar-refractivity contribution in [1.29, 1.82) is 0 Å². The third kappa shape index (κ3) is 3.81. The smallest absolute Gasteiger partial charge is 0.217 e. The highest BCUT2D eigenvalue weighted by Crippen LogP contribution is 2.13. The number of nitrogens with one attached hydrogen (secondary N) is 1. The van der Waals surface area contributed by atoms with Gasteiger partial charge in [0.1, 0.15) is 0 Å². The number of nitrogens with zero attached hydrogens (tertiary/aromatic N) is 1. The number of hydrogen-bond acceptors (Lipinski definition) is 3. The van der Waals surface area contributed by atoms with E-state index in [0.29, 0.717) is 17.7 Å². The van der Waals surface area contributed by atoms with E-state index in [1.165, 1.54) is 0 Å². The Balaban J connectivity index is 2.42. The lowest BCUT2D eigenvalue weighted by atomic mass is 9.98. The Morgan fingerprint density at radius 1 is 1.38 bits per heavy atom. The van der Waals surface area contributed by atoms with Gasteiger partial charge < -0.3 is 10.1 Å². The molecule has 3 heteroatoms. The topological polar surface area (TPSA) is 34.1 Å². The molecule has 1 atom stereocenters. The van der Waals surface area contributed by atoms with Crippen molar-refractivity contribution in [1.82, 2.24) is 10.3 Å². The van der Waals surface area contributed by atoms with Gasteiger partial charge in [0, 0.05) is 18.3 Å². The van der Waals surface area contributed by atoms with Crippen LogP contribution in [0.25, 0.3) is 0 Å². The van der Waals surface area contributed by atoms with Crippen molar-refractivity contribution in [2.24, 2.45) is 11.8 Å². The maximum absolute atomic E-state index is 5.20. The van der Waals surface area contributed by atoms with Crippen LogP contribution in [0.2, 0.25) is 0 Å². The van der Waals surface area contributed by atoms with Crippen LogP contribution in [0.5, 0.6) is 5.88 Å². The minimum atomic E-state index is 0.683. The van der Waals surface area contributed by atoms with E-state index in [-0.39, 0.29) is 0 Å². The molecule has 1 unspecified atom stereocenters. The SMILES string of the molecule is COc1ncccc1CNCC(C)C(C)C. The average Bonchev–Trinajstić information content (AvgIpc) is 2.29. The zero-order valence-corrected chi connectivity index (χ0v) is 10.7. The van der Waals surface area contributed by atoms with Crippen molar-refractivity contribution in [2.75, 3.05) is 13.7 Å². The Kier molecular flexibility index (Phi) is 5.26. The summed E-state index contributed by atoms with van der Waals surface area (Å²) in [5, 5.41) is 3.44. The van der Waals surface area contributed by atoms with Gasteiger partial charge in [0.05, 0.1) is 7.11 Å². The monoisotopic (exact) mass is 222 g/mol. The van der Waals surface area contributed by atoms with Crippen LogP contribution in [0, 0.1) is 11.8 Å².